The molecule has 0 aliphatic rings. The highest BCUT2D eigenvalue weighted by Gasteiger charge is 2.34. The van der Waals surface area contributed by atoms with E-state index in [1.54, 1.807) is 6.07 Å². The minimum absolute atomic E-state index is 0.100. The fraction of sp³-hybridized carbons (Fsp3) is 0.191. The Morgan fingerprint density at radius 1 is 0.706 bits per heavy atom. The van der Waals surface area contributed by atoms with E-state index in [0.717, 1.165) is 66.1 Å². The van der Waals surface area contributed by atoms with E-state index >= 15 is 0 Å². The molecule has 51 heavy (non-hydrogen) atoms. The lowest BCUT2D eigenvalue weighted by Crippen LogP contribution is -2.30. The van der Waals surface area contributed by atoms with Crippen molar-refractivity contribution in [2.45, 2.75) is 53.3 Å². The van der Waals surface area contributed by atoms with Crippen LogP contribution in [0.15, 0.2) is 120 Å². The first kappa shape index (κ1) is 28.0. The fourth-order valence-electron chi connectivity index (χ4n) is 8.08. The molecule has 0 aliphatic heterocycles. The highest BCUT2D eigenvalue weighted by Crippen LogP contribution is 2.44. The monoisotopic (exact) mass is 667 g/mol. The molecular formula is C47H42N3O+. The quantitative estimate of drug-likeness (QED) is 0.135. The first-order valence-corrected chi connectivity index (χ1v) is 17.8. The average Bonchev–Trinajstić information content (AvgIpc) is 3.66. The van der Waals surface area contributed by atoms with Crippen molar-refractivity contribution < 1.29 is 13.1 Å². The van der Waals surface area contributed by atoms with E-state index < -0.39 is 6.85 Å². The van der Waals surface area contributed by atoms with E-state index in [0.29, 0.717) is 5.52 Å². The molecule has 6 aromatic carbocycles. The van der Waals surface area contributed by atoms with E-state index in [1.807, 2.05) is 18.2 Å². The molecule has 9 rings (SSSR count). The summed E-state index contributed by atoms with van der Waals surface area (Å²) in [5.41, 5.74) is 13.1. The van der Waals surface area contributed by atoms with Crippen LogP contribution in [0, 0.1) is 13.8 Å². The van der Waals surface area contributed by atoms with Crippen molar-refractivity contribution in [2.75, 3.05) is 0 Å². The van der Waals surface area contributed by atoms with Crippen molar-refractivity contribution in [3.05, 3.63) is 138 Å². The van der Waals surface area contributed by atoms with Crippen molar-refractivity contribution in [3.63, 3.8) is 0 Å². The van der Waals surface area contributed by atoms with Gasteiger partial charge in [0.05, 0.1) is 12.6 Å². The molecule has 0 bridgehead atoms. The number of rotatable bonds is 5. The summed E-state index contributed by atoms with van der Waals surface area (Å²) in [5.74, 6) is 1.58. The molecule has 0 radical (unpaired) electrons. The molecule has 0 fully saturated rings. The van der Waals surface area contributed by atoms with Crippen LogP contribution in [0.1, 0.15) is 66.0 Å². The Labute approximate surface area is 302 Å². The Morgan fingerprint density at radius 3 is 2.18 bits per heavy atom. The normalized spacial score (nSPS) is 13.3. The van der Waals surface area contributed by atoms with Gasteiger partial charge in [0.15, 0.2) is 16.6 Å². The minimum Gasteiger partial charge on any atom is -0.455 e. The molecule has 3 heterocycles. The van der Waals surface area contributed by atoms with Gasteiger partial charge in [-0.25, -0.2) is 4.57 Å². The lowest BCUT2D eigenvalue weighted by Gasteiger charge is -2.21. The van der Waals surface area contributed by atoms with Gasteiger partial charge in [0, 0.05) is 37.1 Å². The molecule has 0 aliphatic carbocycles. The number of para-hydroxylation sites is 2. The number of nitrogens with zero attached hydrogens (tertiary/aromatic N) is 3. The number of hydrogen-bond donors (Lipinski definition) is 0. The smallest absolute Gasteiger partial charge is 0.299 e. The van der Waals surface area contributed by atoms with Gasteiger partial charge in [-0.3, -0.25) is 4.98 Å². The Kier molecular flexibility index (Phi) is 6.41. The van der Waals surface area contributed by atoms with E-state index in [2.05, 4.69) is 147 Å². The first-order valence-electron chi connectivity index (χ1n) is 19.3. The van der Waals surface area contributed by atoms with Crippen LogP contribution < -0.4 is 4.57 Å². The van der Waals surface area contributed by atoms with Gasteiger partial charge in [0.2, 0.25) is 0 Å². The van der Waals surface area contributed by atoms with Crippen molar-refractivity contribution >= 4 is 54.6 Å². The van der Waals surface area contributed by atoms with Crippen LogP contribution in [0.4, 0.5) is 0 Å². The minimum atomic E-state index is -2.27. The summed E-state index contributed by atoms with van der Waals surface area (Å²) in [4.78, 5) is 4.53. The fourth-order valence-corrected chi connectivity index (χ4v) is 8.08. The maximum Gasteiger partial charge on any atom is 0.299 e. The number of imidazole rings is 1. The van der Waals surface area contributed by atoms with Gasteiger partial charge < -0.3 is 4.42 Å². The summed E-state index contributed by atoms with van der Waals surface area (Å²) >= 11 is 0. The van der Waals surface area contributed by atoms with Crippen molar-refractivity contribution in [1.29, 1.82) is 0 Å². The molecular weight excluding hydrogens is 623 g/mol. The van der Waals surface area contributed by atoms with Gasteiger partial charge in [-0.15, -0.1) is 0 Å². The molecule has 4 nitrogen and oxygen atoms in total. The van der Waals surface area contributed by atoms with Crippen molar-refractivity contribution in [1.82, 2.24) is 9.55 Å². The molecule has 0 spiro atoms. The van der Waals surface area contributed by atoms with Crippen LogP contribution in [-0.4, -0.2) is 9.55 Å². The van der Waals surface area contributed by atoms with Crippen LogP contribution in [0.3, 0.4) is 0 Å². The van der Waals surface area contributed by atoms with Gasteiger partial charge in [0.25, 0.3) is 5.82 Å². The van der Waals surface area contributed by atoms with Gasteiger partial charge in [-0.1, -0.05) is 94.4 Å². The average molecular weight is 668 g/mol. The second kappa shape index (κ2) is 11.7. The Hall–Kier alpha value is -5.74. The van der Waals surface area contributed by atoms with E-state index in [1.165, 1.54) is 27.9 Å². The lowest BCUT2D eigenvalue weighted by molar-refractivity contribution is -0.633. The maximum absolute atomic E-state index is 7.88. The summed E-state index contributed by atoms with van der Waals surface area (Å²) in [6.07, 6.45) is 0. The molecule has 0 amide bonds. The van der Waals surface area contributed by atoms with E-state index in [4.69, 9.17) is 8.53 Å². The molecule has 250 valence electrons. The zero-order valence-electron chi connectivity index (χ0n) is 32.9. The third-order valence-corrected chi connectivity index (χ3v) is 10.6. The number of benzene rings is 6. The zero-order chi connectivity index (χ0) is 37.6. The molecule has 0 atom stereocenters. The number of pyridine rings is 1. The number of aryl methyl sites for hydroxylation is 3. The van der Waals surface area contributed by atoms with Gasteiger partial charge in [-0.05, 0) is 102 Å². The summed E-state index contributed by atoms with van der Waals surface area (Å²) in [6, 6.07) is 40.2. The van der Waals surface area contributed by atoms with E-state index in [9.17, 15) is 0 Å². The summed E-state index contributed by atoms with van der Waals surface area (Å²) in [5, 5.41) is 4.97. The summed E-state index contributed by atoms with van der Waals surface area (Å²) in [6.45, 7) is 9.08. The first-order chi connectivity index (χ1) is 25.9. The van der Waals surface area contributed by atoms with Gasteiger partial charge in [0.1, 0.15) is 16.8 Å². The number of aromatic nitrogens is 3. The Morgan fingerprint density at radius 2 is 1.43 bits per heavy atom. The van der Waals surface area contributed by atoms with Crippen LogP contribution in [0.2, 0.25) is 0 Å². The third-order valence-electron chi connectivity index (χ3n) is 10.6. The number of fused-ring (bicyclic) bond motifs is 7. The standard InChI is InChI=1S/C47H42N3O/c1-27(2)36-23-33(31-13-9-8-10-14-31)24-37(28(3)4)45(36)50-42-16-12-11-15-41(42)49(7)47(50)44-29(5)17-20-35-39-26-38-32(25-43(39)51-46(35)44)19-22-40-34(38)21-18-30(6)48-40/h8-28H,1-7H3/q+1/i6D3. The molecule has 4 heteroatoms. The summed E-state index contributed by atoms with van der Waals surface area (Å²) < 4.78 is 35.4. The second-order valence-corrected chi connectivity index (χ2v) is 14.5. The summed E-state index contributed by atoms with van der Waals surface area (Å²) in [7, 11) is 2.17. The van der Waals surface area contributed by atoms with Crippen LogP contribution in [0.5, 0.6) is 0 Å². The zero-order valence-corrected chi connectivity index (χ0v) is 29.9. The Balaban J connectivity index is 1.36. The topological polar surface area (TPSA) is 34.8 Å². The highest BCUT2D eigenvalue weighted by molar-refractivity contribution is 6.17. The molecule has 3 aromatic heterocycles. The molecule has 0 unspecified atom stereocenters. The number of hydrogen-bond acceptors (Lipinski definition) is 2. The molecule has 9 aromatic rings. The van der Waals surface area contributed by atoms with Crippen LogP contribution in [0.25, 0.3) is 82.8 Å². The maximum atomic E-state index is 7.88. The van der Waals surface area contributed by atoms with Gasteiger partial charge in [-0.2, -0.15) is 4.57 Å². The predicted molar refractivity (Wildman–Crippen MR) is 213 cm³/mol. The highest BCUT2D eigenvalue weighted by atomic mass is 16.3. The van der Waals surface area contributed by atoms with Crippen LogP contribution in [-0.2, 0) is 7.05 Å². The van der Waals surface area contributed by atoms with E-state index in [-0.39, 0.29) is 17.5 Å². The van der Waals surface area contributed by atoms with Crippen molar-refractivity contribution in [2.24, 2.45) is 7.05 Å². The SMILES string of the molecule is [2H]C([2H])([2H])c1ccc2c(ccc3cc4oc5c(-c6n(-c7c(C(C)C)cc(-c8ccccc8)cc7C(C)C)c7ccccc7[n+]6C)c(C)ccc5c4cc32)n1. The molecule has 0 N–H and O–H groups in total. The van der Waals surface area contributed by atoms with Crippen LogP contribution >= 0.6 is 0 Å². The van der Waals surface area contributed by atoms with Gasteiger partial charge >= 0.3 is 0 Å². The second-order valence-electron chi connectivity index (χ2n) is 14.5. The lowest BCUT2D eigenvalue weighted by atomic mass is 9.88. The largest absolute Gasteiger partial charge is 0.455 e. The van der Waals surface area contributed by atoms with Crippen molar-refractivity contribution in [3.8, 4) is 28.2 Å². The third kappa shape index (κ3) is 4.80. The predicted octanol–water partition coefficient (Wildman–Crippen LogP) is 12.3. The molecule has 0 saturated carbocycles. The molecule has 0 saturated heterocycles. The Bertz CT molecular complexity index is 2920. The number of furan rings is 1.